The summed E-state index contributed by atoms with van der Waals surface area (Å²) in [6.45, 7) is 0. The Morgan fingerprint density at radius 1 is 0.296 bits per heavy atom. The van der Waals surface area contributed by atoms with E-state index in [0.29, 0.717) is 0 Å². The van der Waals surface area contributed by atoms with E-state index in [9.17, 15) is 0 Å². The van der Waals surface area contributed by atoms with Crippen LogP contribution in [0.4, 0.5) is 17.1 Å². The molecule has 0 fully saturated rings. The molecule has 254 valence electrons. The summed E-state index contributed by atoms with van der Waals surface area (Å²) in [5, 5.41) is 4.91. The van der Waals surface area contributed by atoms with Crippen LogP contribution in [0.2, 0.25) is 0 Å². The summed E-state index contributed by atoms with van der Waals surface area (Å²) in [7, 11) is 0. The maximum absolute atomic E-state index is 2.40. The number of aromatic nitrogens is 1. The average Bonchev–Trinajstić information content (AvgIpc) is 3.59. The molecule has 0 atom stereocenters. The van der Waals surface area contributed by atoms with Crippen molar-refractivity contribution < 1.29 is 0 Å². The zero-order valence-corrected chi connectivity index (χ0v) is 29.7. The van der Waals surface area contributed by atoms with Crippen LogP contribution in [-0.2, 0) is 0 Å². The molecule has 54 heavy (non-hydrogen) atoms. The molecule has 0 aliphatic carbocycles. The molecule has 0 bridgehead atoms. The lowest BCUT2D eigenvalue weighted by molar-refractivity contribution is 1.18. The number of anilines is 3. The second-order valence-corrected chi connectivity index (χ2v) is 13.8. The van der Waals surface area contributed by atoms with Crippen molar-refractivity contribution >= 4 is 49.6 Å². The van der Waals surface area contributed by atoms with Crippen LogP contribution in [0.15, 0.2) is 218 Å². The van der Waals surface area contributed by atoms with Gasteiger partial charge in [0.25, 0.3) is 0 Å². The molecule has 10 aromatic rings. The molecular weight excluding hydrogens is 653 g/mol. The largest absolute Gasteiger partial charge is 0.310 e. The van der Waals surface area contributed by atoms with E-state index in [4.69, 9.17) is 0 Å². The lowest BCUT2D eigenvalue weighted by Gasteiger charge is -2.27. The standard InChI is InChI=1S/C52H36N2/c1-4-14-37(15-5-1)39-26-31-43(32-27-39)53(44-33-28-40(29-34-44)38-16-6-2-7-17-38)50-25-13-22-46-45(21-12-23-47(46)50)41-30-35-52-49(36-41)48-20-10-11-24-51(48)54(52)42-18-8-3-9-19-42/h1-36H. The van der Waals surface area contributed by atoms with Gasteiger partial charge in [0.15, 0.2) is 0 Å². The van der Waals surface area contributed by atoms with Gasteiger partial charge < -0.3 is 9.47 Å². The fourth-order valence-electron chi connectivity index (χ4n) is 8.03. The number of rotatable bonds is 7. The Balaban J connectivity index is 1.12. The molecule has 0 radical (unpaired) electrons. The summed E-state index contributed by atoms with van der Waals surface area (Å²) in [6, 6.07) is 78.8. The zero-order valence-electron chi connectivity index (χ0n) is 29.7. The summed E-state index contributed by atoms with van der Waals surface area (Å²) in [5.74, 6) is 0. The van der Waals surface area contributed by atoms with Crippen molar-refractivity contribution in [3.05, 3.63) is 218 Å². The molecule has 1 heterocycles. The first-order valence-electron chi connectivity index (χ1n) is 18.5. The Bertz CT molecular complexity index is 2810. The summed E-state index contributed by atoms with van der Waals surface area (Å²) >= 11 is 0. The minimum Gasteiger partial charge on any atom is -0.310 e. The fourth-order valence-corrected chi connectivity index (χ4v) is 8.03. The first-order valence-corrected chi connectivity index (χ1v) is 18.5. The Morgan fingerprint density at radius 2 is 0.778 bits per heavy atom. The van der Waals surface area contributed by atoms with Gasteiger partial charge in [-0.05, 0) is 99.4 Å². The summed E-state index contributed by atoms with van der Waals surface area (Å²) in [6.07, 6.45) is 0. The van der Waals surface area contributed by atoms with Gasteiger partial charge in [-0.3, -0.25) is 0 Å². The van der Waals surface area contributed by atoms with Crippen molar-refractivity contribution in [2.45, 2.75) is 0 Å². The van der Waals surface area contributed by atoms with Crippen LogP contribution in [0.25, 0.3) is 71.6 Å². The molecular formula is C52H36N2. The predicted octanol–water partition coefficient (Wildman–Crippen LogP) is 14.4. The summed E-state index contributed by atoms with van der Waals surface area (Å²) in [4.78, 5) is 2.40. The molecule has 2 heteroatoms. The van der Waals surface area contributed by atoms with E-state index < -0.39 is 0 Å². The van der Waals surface area contributed by atoms with Crippen LogP contribution in [0.1, 0.15) is 0 Å². The molecule has 2 nitrogen and oxygen atoms in total. The minimum atomic E-state index is 1.11. The lowest BCUT2D eigenvalue weighted by Crippen LogP contribution is -2.10. The highest BCUT2D eigenvalue weighted by Gasteiger charge is 2.18. The van der Waals surface area contributed by atoms with E-state index in [1.54, 1.807) is 0 Å². The molecule has 10 rings (SSSR count). The maximum Gasteiger partial charge on any atom is 0.0541 e. The Morgan fingerprint density at radius 3 is 1.43 bits per heavy atom. The van der Waals surface area contributed by atoms with Crippen LogP contribution >= 0.6 is 0 Å². The van der Waals surface area contributed by atoms with Crippen molar-refractivity contribution in [3.63, 3.8) is 0 Å². The average molecular weight is 689 g/mol. The molecule has 0 spiro atoms. The topological polar surface area (TPSA) is 8.17 Å². The van der Waals surface area contributed by atoms with E-state index in [1.165, 1.54) is 71.6 Å². The second-order valence-electron chi connectivity index (χ2n) is 13.8. The van der Waals surface area contributed by atoms with Crippen molar-refractivity contribution in [3.8, 4) is 39.1 Å². The highest BCUT2D eigenvalue weighted by molar-refractivity contribution is 6.12. The number of benzene rings is 9. The monoisotopic (exact) mass is 688 g/mol. The molecule has 0 aliphatic rings. The number of nitrogens with zero attached hydrogens (tertiary/aromatic N) is 2. The first kappa shape index (κ1) is 31.6. The van der Waals surface area contributed by atoms with Crippen LogP contribution in [0, 0.1) is 0 Å². The van der Waals surface area contributed by atoms with Crippen molar-refractivity contribution in [2.75, 3.05) is 4.90 Å². The molecule has 0 saturated heterocycles. The van der Waals surface area contributed by atoms with Gasteiger partial charge in [0.1, 0.15) is 0 Å². The first-order chi connectivity index (χ1) is 26.8. The number of fused-ring (bicyclic) bond motifs is 4. The quantitative estimate of drug-likeness (QED) is 0.162. The highest BCUT2D eigenvalue weighted by Crippen LogP contribution is 2.43. The van der Waals surface area contributed by atoms with Crippen molar-refractivity contribution in [2.24, 2.45) is 0 Å². The molecule has 9 aromatic carbocycles. The van der Waals surface area contributed by atoms with Gasteiger partial charge in [-0.15, -0.1) is 0 Å². The maximum atomic E-state index is 2.40. The summed E-state index contributed by atoms with van der Waals surface area (Å²) < 4.78 is 2.37. The van der Waals surface area contributed by atoms with Gasteiger partial charge in [0, 0.05) is 33.2 Å². The fraction of sp³-hybridized carbons (Fsp3) is 0. The van der Waals surface area contributed by atoms with Crippen LogP contribution in [-0.4, -0.2) is 4.57 Å². The Hall–Kier alpha value is -7.16. The summed E-state index contributed by atoms with van der Waals surface area (Å²) in [5.41, 5.74) is 14.2. The predicted molar refractivity (Wildman–Crippen MR) is 229 cm³/mol. The molecule has 0 N–H and O–H groups in total. The van der Waals surface area contributed by atoms with Gasteiger partial charge in [-0.2, -0.15) is 0 Å². The van der Waals surface area contributed by atoms with Crippen molar-refractivity contribution in [1.82, 2.24) is 4.57 Å². The molecule has 0 saturated carbocycles. The minimum absolute atomic E-state index is 1.11. The Labute approximate surface area is 315 Å². The lowest BCUT2D eigenvalue weighted by atomic mass is 9.95. The van der Waals surface area contributed by atoms with Crippen LogP contribution < -0.4 is 4.90 Å². The molecule has 0 amide bonds. The van der Waals surface area contributed by atoms with E-state index in [2.05, 4.69) is 228 Å². The number of hydrogen-bond acceptors (Lipinski definition) is 1. The SMILES string of the molecule is c1ccc(-c2ccc(N(c3ccc(-c4ccccc4)cc3)c3cccc4c(-c5ccc6c(c5)c5ccccc5n6-c5ccccc5)cccc34)cc2)cc1. The molecule has 0 aliphatic heterocycles. The smallest absolute Gasteiger partial charge is 0.0541 e. The number of hydrogen-bond donors (Lipinski definition) is 0. The van der Waals surface area contributed by atoms with Crippen LogP contribution in [0.3, 0.4) is 0 Å². The highest BCUT2D eigenvalue weighted by atomic mass is 15.1. The van der Waals surface area contributed by atoms with Gasteiger partial charge >= 0.3 is 0 Å². The van der Waals surface area contributed by atoms with E-state index >= 15 is 0 Å². The third-order valence-electron chi connectivity index (χ3n) is 10.6. The van der Waals surface area contributed by atoms with Gasteiger partial charge in [0.05, 0.1) is 16.7 Å². The second kappa shape index (κ2) is 13.4. The Kier molecular flexibility index (Phi) is 7.85. The van der Waals surface area contributed by atoms with Gasteiger partial charge in [0.2, 0.25) is 0 Å². The normalized spacial score (nSPS) is 11.3. The van der Waals surface area contributed by atoms with E-state index in [-0.39, 0.29) is 0 Å². The van der Waals surface area contributed by atoms with Gasteiger partial charge in [-0.1, -0.05) is 158 Å². The molecule has 1 aromatic heterocycles. The number of para-hydroxylation sites is 2. The van der Waals surface area contributed by atoms with Gasteiger partial charge in [-0.25, -0.2) is 0 Å². The van der Waals surface area contributed by atoms with E-state index in [0.717, 1.165) is 17.1 Å². The third kappa shape index (κ3) is 5.53. The third-order valence-corrected chi connectivity index (χ3v) is 10.6. The van der Waals surface area contributed by atoms with E-state index in [1.807, 2.05) is 0 Å². The van der Waals surface area contributed by atoms with Crippen molar-refractivity contribution in [1.29, 1.82) is 0 Å². The zero-order chi connectivity index (χ0) is 35.8. The molecule has 0 unspecified atom stereocenters. The van der Waals surface area contributed by atoms with Crippen LogP contribution in [0.5, 0.6) is 0 Å².